The number of methoxy groups -OCH3 is 1. The molecule has 0 N–H and O–H groups in total. The first kappa shape index (κ1) is 15.0. The van der Waals surface area contributed by atoms with Gasteiger partial charge in [-0.25, -0.2) is 13.2 Å². The van der Waals surface area contributed by atoms with E-state index in [1.54, 1.807) is 24.3 Å². The normalized spacial score (nSPS) is 16.9. The number of benzene rings is 1. The summed E-state index contributed by atoms with van der Waals surface area (Å²) in [5.74, 6) is -0.567. The first-order valence-electron chi connectivity index (χ1n) is 6.92. The van der Waals surface area contributed by atoms with Crippen LogP contribution < -0.4 is 0 Å². The van der Waals surface area contributed by atoms with Gasteiger partial charge in [0, 0.05) is 0 Å². The molecule has 1 aromatic rings. The van der Waals surface area contributed by atoms with Gasteiger partial charge in [0.25, 0.3) is 0 Å². The number of esters is 1. The molecule has 0 unspecified atom stereocenters. The molecule has 1 fully saturated rings. The number of ether oxygens (including phenoxy) is 1. The smallest absolute Gasteiger partial charge is 0.338 e. The fraction of sp³-hybridized carbons (Fsp3) is 0.533. The molecule has 0 atom stereocenters. The molecule has 1 aromatic carbocycles. The molecule has 0 heterocycles. The molecule has 110 valence electrons. The van der Waals surface area contributed by atoms with Crippen molar-refractivity contribution in [1.29, 1.82) is 0 Å². The van der Waals surface area contributed by atoms with Gasteiger partial charge in [0.1, 0.15) is 0 Å². The molecule has 0 saturated heterocycles. The second-order valence-electron chi connectivity index (χ2n) is 5.22. The predicted molar refractivity (Wildman–Crippen MR) is 77.3 cm³/mol. The van der Waals surface area contributed by atoms with Crippen molar-refractivity contribution in [2.24, 2.45) is 0 Å². The molecular weight excluding hydrogens is 276 g/mol. The Balaban J connectivity index is 2.23. The summed E-state index contributed by atoms with van der Waals surface area (Å²) in [5, 5.41) is -0.262. The Kier molecular flexibility index (Phi) is 4.81. The standard InChI is InChI=1S/C15H20O4S/c1-19-15(16)14-10-6-5-7-12(14)11-20(17,18)13-8-3-2-4-9-13/h5-7,10,13H,2-4,8-9,11H2,1H3. The van der Waals surface area contributed by atoms with Crippen molar-refractivity contribution in [2.75, 3.05) is 7.11 Å². The van der Waals surface area contributed by atoms with Crippen LogP contribution >= 0.6 is 0 Å². The highest BCUT2D eigenvalue weighted by molar-refractivity contribution is 7.91. The van der Waals surface area contributed by atoms with E-state index in [1.807, 2.05) is 0 Å². The Morgan fingerprint density at radius 2 is 1.85 bits per heavy atom. The lowest BCUT2D eigenvalue weighted by Gasteiger charge is -2.22. The Bertz CT molecular complexity index is 571. The maximum Gasteiger partial charge on any atom is 0.338 e. The van der Waals surface area contributed by atoms with Crippen LogP contribution in [0.3, 0.4) is 0 Å². The van der Waals surface area contributed by atoms with E-state index in [-0.39, 0.29) is 11.0 Å². The third-order valence-electron chi connectivity index (χ3n) is 3.84. The fourth-order valence-electron chi connectivity index (χ4n) is 2.71. The van der Waals surface area contributed by atoms with Gasteiger partial charge in [0.15, 0.2) is 9.84 Å². The molecule has 0 aliphatic heterocycles. The molecule has 20 heavy (non-hydrogen) atoms. The highest BCUT2D eigenvalue weighted by Gasteiger charge is 2.28. The van der Waals surface area contributed by atoms with E-state index >= 15 is 0 Å². The molecule has 0 aromatic heterocycles. The van der Waals surface area contributed by atoms with Crippen molar-refractivity contribution in [1.82, 2.24) is 0 Å². The second kappa shape index (κ2) is 6.39. The third-order valence-corrected chi connectivity index (χ3v) is 6.04. The zero-order valence-corrected chi connectivity index (χ0v) is 12.5. The molecule has 4 nitrogen and oxygen atoms in total. The zero-order chi connectivity index (χ0) is 14.6. The molecule has 2 rings (SSSR count). The van der Waals surface area contributed by atoms with Crippen molar-refractivity contribution in [3.63, 3.8) is 0 Å². The molecule has 1 aliphatic rings. The first-order chi connectivity index (χ1) is 9.54. The van der Waals surface area contributed by atoms with Crippen molar-refractivity contribution in [3.8, 4) is 0 Å². The number of hydrogen-bond donors (Lipinski definition) is 0. The summed E-state index contributed by atoms with van der Waals surface area (Å²) < 4.78 is 29.6. The van der Waals surface area contributed by atoms with Crippen molar-refractivity contribution in [3.05, 3.63) is 35.4 Å². The summed E-state index contributed by atoms with van der Waals surface area (Å²) >= 11 is 0. The molecule has 0 spiro atoms. The van der Waals surface area contributed by atoms with Gasteiger partial charge in [-0.05, 0) is 24.5 Å². The zero-order valence-electron chi connectivity index (χ0n) is 11.7. The Labute approximate surface area is 120 Å². The van der Waals surface area contributed by atoms with Gasteiger partial charge in [-0.3, -0.25) is 0 Å². The van der Waals surface area contributed by atoms with Crippen LogP contribution in [0.4, 0.5) is 0 Å². The average Bonchev–Trinajstić information content (AvgIpc) is 2.47. The Hall–Kier alpha value is -1.36. The van der Waals surface area contributed by atoms with E-state index in [2.05, 4.69) is 0 Å². The summed E-state index contributed by atoms with van der Waals surface area (Å²) in [7, 11) is -1.91. The van der Waals surface area contributed by atoms with Crippen molar-refractivity contribution < 1.29 is 17.9 Å². The maximum atomic E-state index is 12.5. The van der Waals surface area contributed by atoms with E-state index in [4.69, 9.17) is 4.74 Å². The van der Waals surface area contributed by atoms with Gasteiger partial charge in [-0.2, -0.15) is 0 Å². The average molecular weight is 296 g/mol. The topological polar surface area (TPSA) is 60.4 Å². The predicted octanol–water partition coefficient (Wildman–Crippen LogP) is 2.72. The second-order valence-corrected chi connectivity index (χ2v) is 7.50. The van der Waals surface area contributed by atoms with Gasteiger partial charge >= 0.3 is 5.97 Å². The summed E-state index contributed by atoms with van der Waals surface area (Å²) in [5.41, 5.74) is 0.874. The van der Waals surface area contributed by atoms with E-state index in [1.165, 1.54) is 7.11 Å². The molecule has 1 aliphatic carbocycles. The SMILES string of the molecule is COC(=O)c1ccccc1CS(=O)(=O)C1CCCCC1. The maximum absolute atomic E-state index is 12.5. The number of rotatable bonds is 4. The van der Waals surface area contributed by atoms with Gasteiger partial charge in [-0.15, -0.1) is 0 Å². The molecule has 5 heteroatoms. The fourth-order valence-corrected chi connectivity index (χ4v) is 4.69. The number of sulfone groups is 1. The molecule has 0 radical (unpaired) electrons. The van der Waals surface area contributed by atoms with Gasteiger partial charge in [-0.1, -0.05) is 37.5 Å². The van der Waals surface area contributed by atoms with E-state index in [0.29, 0.717) is 11.1 Å². The lowest BCUT2D eigenvalue weighted by atomic mass is 10.0. The first-order valence-corrected chi connectivity index (χ1v) is 8.64. The molecule has 0 amide bonds. The van der Waals surface area contributed by atoms with E-state index in [9.17, 15) is 13.2 Å². The van der Waals surface area contributed by atoms with Gasteiger partial charge in [0.2, 0.25) is 0 Å². The number of carbonyl (C=O) groups excluding carboxylic acids is 1. The minimum absolute atomic E-state index is 0.0804. The van der Waals surface area contributed by atoms with Crippen LogP contribution in [0.25, 0.3) is 0 Å². The third kappa shape index (κ3) is 3.39. The van der Waals surface area contributed by atoms with Crippen LogP contribution in [0.2, 0.25) is 0 Å². The van der Waals surface area contributed by atoms with Gasteiger partial charge in [0.05, 0.1) is 23.7 Å². The Morgan fingerprint density at radius 3 is 2.50 bits per heavy atom. The van der Waals surface area contributed by atoms with Crippen LogP contribution in [-0.2, 0) is 20.3 Å². The minimum Gasteiger partial charge on any atom is -0.465 e. The van der Waals surface area contributed by atoms with Crippen molar-refractivity contribution >= 4 is 15.8 Å². The lowest BCUT2D eigenvalue weighted by Crippen LogP contribution is -2.26. The number of hydrogen-bond acceptors (Lipinski definition) is 4. The molecule has 1 saturated carbocycles. The largest absolute Gasteiger partial charge is 0.465 e. The molecule has 0 bridgehead atoms. The monoisotopic (exact) mass is 296 g/mol. The van der Waals surface area contributed by atoms with Crippen molar-refractivity contribution in [2.45, 2.75) is 43.1 Å². The van der Waals surface area contributed by atoms with Crippen LogP contribution in [0.5, 0.6) is 0 Å². The lowest BCUT2D eigenvalue weighted by molar-refractivity contribution is 0.0600. The minimum atomic E-state index is -3.21. The van der Waals surface area contributed by atoms with E-state index < -0.39 is 15.8 Å². The quantitative estimate of drug-likeness (QED) is 0.802. The summed E-state index contributed by atoms with van der Waals surface area (Å²) in [6.45, 7) is 0. The molecular formula is C15H20O4S. The highest BCUT2D eigenvalue weighted by Crippen LogP contribution is 2.27. The van der Waals surface area contributed by atoms with Crippen LogP contribution in [0.15, 0.2) is 24.3 Å². The summed E-state index contributed by atoms with van der Waals surface area (Å²) in [4.78, 5) is 11.7. The Morgan fingerprint density at radius 1 is 1.20 bits per heavy atom. The van der Waals surface area contributed by atoms with Crippen LogP contribution in [0, 0.1) is 0 Å². The van der Waals surface area contributed by atoms with Crippen LogP contribution in [0.1, 0.15) is 48.0 Å². The van der Waals surface area contributed by atoms with Crippen LogP contribution in [-0.4, -0.2) is 26.7 Å². The van der Waals surface area contributed by atoms with E-state index in [0.717, 1.165) is 32.1 Å². The summed E-state index contributed by atoms with van der Waals surface area (Å²) in [6, 6.07) is 6.76. The highest BCUT2D eigenvalue weighted by atomic mass is 32.2. The summed E-state index contributed by atoms with van der Waals surface area (Å²) in [6.07, 6.45) is 4.54. The number of carbonyl (C=O) groups is 1. The van der Waals surface area contributed by atoms with Gasteiger partial charge < -0.3 is 4.74 Å².